The van der Waals surface area contributed by atoms with Gasteiger partial charge in [0.1, 0.15) is 5.92 Å². The Hall–Kier alpha value is -1.99. The molecule has 1 aliphatic rings. The molecule has 4 heteroatoms. The number of halogens is 1. The average molecular weight is 215 g/mol. The number of nitriles is 1. The third-order valence-corrected chi connectivity index (χ3v) is 2.56. The van der Waals surface area contributed by atoms with Crippen molar-refractivity contribution in [1.82, 2.24) is 4.98 Å². The molecule has 0 fully saturated rings. The number of alkyl halides is 1. The molecule has 0 amide bonds. The summed E-state index contributed by atoms with van der Waals surface area (Å²) >= 11 is 0. The smallest absolute Gasteiger partial charge is 0.204 e. The minimum absolute atomic E-state index is 0.309. The predicted molar refractivity (Wildman–Crippen MR) is 58.5 cm³/mol. The van der Waals surface area contributed by atoms with Gasteiger partial charge in [-0.15, -0.1) is 0 Å². The highest BCUT2D eigenvalue weighted by atomic mass is 19.1. The molecule has 2 unspecified atom stereocenters. The van der Waals surface area contributed by atoms with Gasteiger partial charge >= 0.3 is 0 Å². The predicted octanol–water partition coefficient (Wildman–Crippen LogP) is 1.80. The Morgan fingerprint density at radius 1 is 1.44 bits per heavy atom. The SMILES string of the molecule is N#CC1C=CC=C(c2ccncc2)C1(N)F. The largest absolute Gasteiger partial charge is 0.294 e. The average Bonchev–Trinajstić information content (AvgIpc) is 2.29. The molecule has 0 aliphatic heterocycles. The molecule has 1 aromatic rings. The van der Waals surface area contributed by atoms with Crippen LogP contribution in [-0.4, -0.2) is 10.8 Å². The molecule has 0 radical (unpaired) electrons. The third-order valence-electron chi connectivity index (χ3n) is 2.56. The quantitative estimate of drug-likeness (QED) is 0.726. The zero-order valence-electron chi connectivity index (χ0n) is 8.47. The highest BCUT2D eigenvalue weighted by Crippen LogP contribution is 2.35. The molecule has 0 saturated carbocycles. The van der Waals surface area contributed by atoms with E-state index >= 15 is 0 Å². The van der Waals surface area contributed by atoms with Crippen LogP contribution in [-0.2, 0) is 0 Å². The molecule has 0 saturated heterocycles. The molecule has 1 aromatic heterocycles. The second-order valence-electron chi connectivity index (χ2n) is 3.58. The summed E-state index contributed by atoms with van der Waals surface area (Å²) in [6.07, 6.45) is 7.82. The summed E-state index contributed by atoms with van der Waals surface area (Å²) in [4.78, 5) is 3.85. The van der Waals surface area contributed by atoms with Crippen LogP contribution in [0.1, 0.15) is 5.56 Å². The summed E-state index contributed by atoms with van der Waals surface area (Å²) < 4.78 is 14.3. The van der Waals surface area contributed by atoms with Gasteiger partial charge in [0, 0.05) is 18.0 Å². The standard InChI is InChI=1S/C12H10FN3/c13-12(15)10(8-14)2-1-3-11(12)9-4-6-16-7-5-9/h1-7,10H,15H2. The lowest BCUT2D eigenvalue weighted by Crippen LogP contribution is -2.43. The zero-order valence-corrected chi connectivity index (χ0v) is 8.47. The highest BCUT2D eigenvalue weighted by Gasteiger charge is 2.39. The summed E-state index contributed by atoms with van der Waals surface area (Å²) in [5.74, 6) is -3.11. The Labute approximate surface area is 92.7 Å². The van der Waals surface area contributed by atoms with E-state index in [2.05, 4.69) is 4.98 Å². The van der Waals surface area contributed by atoms with Crippen LogP contribution < -0.4 is 5.73 Å². The fourth-order valence-corrected chi connectivity index (χ4v) is 1.68. The van der Waals surface area contributed by atoms with Crippen molar-refractivity contribution in [1.29, 1.82) is 5.26 Å². The Kier molecular flexibility index (Phi) is 2.55. The van der Waals surface area contributed by atoms with Crippen LogP contribution in [0.3, 0.4) is 0 Å². The monoisotopic (exact) mass is 215 g/mol. The van der Waals surface area contributed by atoms with E-state index in [9.17, 15) is 4.39 Å². The summed E-state index contributed by atoms with van der Waals surface area (Å²) in [6, 6.07) is 5.19. The van der Waals surface area contributed by atoms with Crippen molar-refractivity contribution in [2.24, 2.45) is 11.7 Å². The normalized spacial score (nSPS) is 28.3. The summed E-state index contributed by atoms with van der Waals surface area (Å²) in [5, 5.41) is 8.83. The van der Waals surface area contributed by atoms with Crippen molar-refractivity contribution in [2.45, 2.75) is 5.79 Å². The van der Waals surface area contributed by atoms with E-state index in [0.29, 0.717) is 11.1 Å². The van der Waals surface area contributed by atoms with Crippen LogP contribution >= 0.6 is 0 Å². The van der Waals surface area contributed by atoms with Crippen molar-refractivity contribution >= 4 is 5.57 Å². The fourth-order valence-electron chi connectivity index (χ4n) is 1.68. The van der Waals surface area contributed by atoms with Gasteiger partial charge in [0.15, 0.2) is 0 Å². The maximum atomic E-state index is 14.3. The minimum atomic E-state index is -2.15. The van der Waals surface area contributed by atoms with Crippen LogP contribution in [0, 0.1) is 17.2 Å². The van der Waals surface area contributed by atoms with Gasteiger partial charge in [-0.05, 0) is 17.7 Å². The van der Waals surface area contributed by atoms with Crippen molar-refractivity contribution in [3.63, 3.8) is 0 Å². The zero-order chi connectivity index (χ0) is 11.6. The lowest BCUT2D eigenvalue weighted by atomic mass is 9.84. The Morgan fingerprint density at radius 3 is 2.75 bits per heavy atom. The van der Waals surface area contributed by atoms with E-state index in [0.717, 1.165) is 0 Å². The molecule has 2 atom stereocenters. The maximum Gasteiger partial charge on any atom is 0.204 e. The molecule has 16 heavy (non-hydrogen) atoms. The van der Waals surface area contributed by atoms with Gasteiger partial charge < -0.3 is 0 Å². The van der Waals surface area contributed by atoms with Gasteiger partial charge in [-0.2, -0.15) is 5.26 Å². The van der Waals surface area contributed by atoms with E-state index < -0.39 is 11.7 Å². The van der Waals surface area contributed by atoms with Gasteiger partial charge in [0.2, 0.25) is 5.79 Å². The van der Waals surface area contributed by atoms with Gasteiger partial charge in [-0.1, -0.05) is 18.2 Å². The summed E-state index contributed by atoms with van der Waals surface area (Å²) in [5.41, 5.74) is 6.53. The minimum Gasteiger partial charge on any atom is -0.294 e. The molecule has 1 aliphatic carbocycles. The second kappa shape index (κ2) is 3.87. The topological polar surface area (TPSA) is 62.7 Å². The van der Waals surface area contributed by atoms with Crippen LogP contribution in [0.25, 0.3) is 5.57 Å². The highest BCUT2D eigenvalue weighted by molar-refractivity contribution is 5.75. The number of hydrogen-bond acceptors (Lipinski definition) is 3. The number of allylic oxidation sites excluding steroid dienone is 2. The molecule has 1 heterocycles. The third kappa shape index (κ3) is 1.62. The lowest BCUT2D eigenvalue weighted by Gasteiger charge is -2.28. The van der Waals surface area contributed by atoms with Crippen LogP contribution in [0.15, 0.2) is 42.8 Å². The Bertz CT molecular complexity index is 483. The van der Waals surface area contributed by atoms with E-state index in [4.69, 9.17) is 11.0 Å². The van der Waals surface area contributed by atoms with E-state index in [-0.39, 0.29) is 0 Å². The molecule has 80 valence electrons. The van der Waals surface area contributed by atoms with Crippen LogP contribution in [0.2, 0.25) is 0 Å². The number of hydrogen-bond donors (Lipinski definition) is 1. The van der Waals surface area contributed by atoms with Crippen molar-refractivity contribution in [3.8, 4) is 6.07 Å². The number of aromatic nitrogens is 1. The second-order valence-corrected chi connectivity index (χ2v) is 3.58. The first-order valence-corrected chi connectivity index (χ1v) is 4.83. The summed E-state index contributed by atoms with van der Waals surface area (Å²) in [6.45, 7) is 0. The lowest BCUT2D eigenvalue weighted by molar-refractivity contribution is 0.216. The number of rotatable bonds is 1. The van der Waals surface area contributed by atoms with Gasteiger partial charge in [-0.3, -0.25) is 10.7 Å². The first-order valence-electron chi connectivity index (χ1n) is 4.83. The molecule has 0 spiro atoms. The van der Waals surface area contributed by atoms with Gasteiger partial charge in [0.05, 0.1) is 6.07 Å². The van der Waals surface area contributed by atoms with E-state index in [1.165, 1.54) is 6.08 Å². The number of nitrogens with zero attached hydrogens (tertiary/aromatic N) is 2. The molecule has 3 nitrogen and oxygen atoms in total. The molecule has 0 aromatic carbocycles. The number of pyridine rings is 1. The van der Waals surface area contributed by atoms with Crippen LogP contribution in [0.4, 0.5) is 4.39 Å². The Morgan fingerprint density at radius 2 is 2.12 bits per heavy atom. The molecule has 2 N–H and O–H groups in total. The van der Waals surface area contributed by atoms with Gasteiger partial charge in [-0.25, -0.2) is 4.39 Å². The molecular formula is C12H10FN3. The van der Waals surface area contributed by atoms with Crippen molar-refractivity contribution in [3.05, 3.63) is 48.3 Å². The maximum absolute atomic E-state index is 14.3. The first-order chi connectivity index (χ1) is 7.66. The Balaban J connectivity index is 2.47. The van der Waals surface area contributed by atoms with Crippen LogP contribution in [0.5, 0.6) is 0 Å². The molecule has 0 bridgehead atoms. The van der Waals surface area contributed by atoms with Crippen molar-refractivity contribution in [2.75, 3.05) is 0 Å². The van der Waals surface area contributed by atoms with E-state index in [1.54, 1.807) is 36.7 Å². The molecule has 2 rings (SSSR count). The van der Waals surface area contributed by atoms with E-state index in [1.807, 2.05) is 6.07 Å². The van der Waals surface area contributed by atoms with Gasteiger partial charge in [0.25, 0.3) is 0 Å². The fraction of sp³-hybridized carbons (Fsp3) is 0.167. The first kappa shape index (κ1) is 10.5. The van der Waals surface area contributed by atoms with Crippen molar-refractivity contribution < 1.29 is 4.39 Å². The molecular weight excluding hydrogens is 205 g/mol. The number of nitrogens with two attached hydrogens (primary N) is 1. The summed E-state index contributed by atoms with van der Waals surface area (Å²) in [7, 11) is 0.